The Morgan fingerprint density at radius 3 is 2.53 bits per heavy atom. The second-order valence-corrected chi connectivity index (χ2v) is 4.84. The van der Waals surface area contributed by atoms with Gasteiger partial charge in [0.05, 0.1) is 0 Å². The average Bonchev–Trinajstić information content (AvgIpc) is 2.33. The molecule has 0 radical (unpaired) electrons. The molecule has 0 aliphatic carbocycles. The Hall–Kier alpha value is -2.00. The van der Waals surface area contributed by atoms with Crippen LogP contribution in [0.3, 0.4) is 0 Å². The number of aryl methyl sites for hydroxylation is 2. The zero-order chi connectivity index (χ0) is 13.8. The fourth-order valence-electron chi connectivity index (χ4n) is 1.80. The molecule has 0 saturated heterocycles. The van der Waals surface area contributed by atoms with Gasteiger partial charge in [-0.15, -0.1) is 0 Å². The number of benzene rings is 2. The van der Waals surface area contributed by atoms with E-state index in [1.165, 1.54) is 5.56 Å². The lowest BCUT2D eigenvalue weighted by molar-refractivity contribution is 0.262. The van der Waals surface area contributed by atoms with Crippen LogP contribution in [0.1, 0.15) is 11.1 Å². The van der Waals surface area contributed by atoms with Gasteiger partial charge in [-0.25, -0.2) is 4.79 Å². The Labute approximate surface area is 117 Å². The Kier molecular flexibility index (Phi) is 4.07. The highest BCUT2D eigenvalue weighted by atomic mass is 35.5. The lowest BCUT2D eigenvalue weighted by Gasteiger charge is -2.10. The molecule has 0 bridgehead atoms. The van der Waals surface area contributed by atoms with Crippen LogP contribution in [-0.4, -0.2) is 6.03 Å². The number of carbonyl (C=O) groups excluding carboxylic acids is 1. The molecule has 2 rings (SSSR count). The van der Waals surface area contributed by atoms with Crippen LogP contribution in [0.4, 0.5) is 16.2 Å². The molecular weight excluding hydrogens is 260 g/mol. The highest BCUT2D eigenvalue weighted by molar-refractivity contribution is 6.30. The first-order valence-corrected chi connectivity index (χ1v) is 6.33. The SMILES string of the molecule is Cc1ccc(NC(=O)Nc2cccc(Cl)c2)c(C)c1. The Balaban J connectivity index is 2.05. The molecule has 2 amide bonds. The zero-order valence-corrected chi connectivity index (χ0v) is 11.6. The van der Waals surface area contributed by atoms with E-state index in [2.05, 4.69) is 10.6 Å². The van der Waals surface area contributed by atoms with Crippen molar-refractivity contribution in [3.63, 3.8) is 0 Å². The van der Waals surface area contributed by atoms with Gasteiger partial charge in [-0.3, -0.25) is 0 Å². The second kappa shape index (κ2) is 5.76. The van der Waals surface area contributed by atoms with E-state index < -0.39 is 0 Å². The number of anilines is 2. The predicted molar refractivity (Wildman–Crippen MR) is 80.0 cm³/mol. The van der Waals surface area contributed by atoms with Crippen molar-refractivity contribution in [2.24, 2.45) is 0 Å². The van der Waals surface area contributed by atoms with Crippen LogP contribution in [-0.2, 0) is 0 Å². The highest BCUT2D eigenvalue weighted by Crippen LogP contribution is 2.18. The average molecular weight is 275 g/mol. The van der Waals surface area contributed by atoms with Crippen LogP contribution in [0.25, 0.3) is 0 Å². The van der Waals surface area contributed by atoms with Gasteiger partial charge in [0.2, 0.25) is 0 Å². The third-order valence-corrected chi connectivity index (χ3v) is 2.95. The predicted octanol–water partition coefficient (Wildman–Crippen LogP) is 4.60. The molecule has 4 heteroatoms. The minimum atomic E-state index is -0.283. The summed E-state index contributed by atoms with van der Waals surface area (Å²) in [6.07, 6.45) is 0. The monoisotopic (exact) mass is 274 g/mol. The quantitative estimate of drug-likeness (QED) is 0.825. The van der Waals surface area contributed by atoms with Crippen LogP contribution >= 0.6 is 11.6 Å². The molecule has 0 fully saturated rings. The number of carbonyl (C=O) groups is 1. The zero-order valence-electron chi connectivity index (χ0n) is 10.8. The molecule has 0 atom stereocenters. The summed E-state index contributed by atoms with van der Waals surface area (Å²) in [6, 6.07) is 12.6. The topological polar surface area (TPSA) is 41.1 Å². The summed E-state index contributed by atoms with van der Waals surface area (Å²) in [4.78, 5) is 11.9. The molecule has 19 heavy (non-hydrogen) atoms. The summed E-state index contributed by atoms with van der Waals surface area (Å²) in [5, 5.41) is 6.14. The molecule has 98 valence electrons. The summed E-state index contributed by atoms with van der Waals surface area (Å²) in [6.45, 7) is 3.98. The van der Waals surface area contributed by atoms with E-state index in [9.17, 15) is 4.79 Å². The lowest BCUT2D eigenvalue weighted by atomic mass is 10.1. The number of hydrogen-bond donors (Lipinski definition) is 2. The molecule has 2 aromatic carbocycles. The summed E-state index contributed by atoms with van der Waals surface area (Å²) >= 11 is 5.86. The fourth-order valence-corrected chi connectivity index (χ4v) is 2.00. The van der Waals surface area contributed by atoms with Crippen molar-refractivity contribution in [1.82, 2.24) is 0 Å². The van der Waals surface area contributed by atoms with Gasteiger partial charge in [-0.1, -0.05) is 35.4 Å². The Bertz CT molecular complexity index is 611. The van der Waals surface area contributed by atoms with Crippen LogP contribution in [0.2, 0.25) is 5.02 Å². The smallest absolute Gasteiger partial charge is 0.308 e. The summed E-state index contributed by atoms with van der Waals surface area (Å²) in [5.41, 5.74) is 3.65. The molecule has 0 unspecified atom stereocenters. The van der Waals surface area contributed by atoms with E-state index in [1.54, 1.807) is 24.3 Å². The third kappa shape index (κ3) is 3.73. The van der Waals surface area contributed by atoms with Crippen molar-refractivity contribution < 1.29 is 4.79 Å². The molecule has 2 aromatic rings. The number of nitrogens with one attached hydrogen (secondary N) is 2. The molecular formula is C15H15ClN2O. The molecule has 0 spiro atoms. The fraction of sp³-hybridized carbons (Fsp3) is 0.133. The first-order chi connectivity index (χ1) is 9.04. The van der Waals surface area contributed by atoms with E-state index >= 15 is 0 Å². The standard InChI is InChI=1S/C15H15ClN2O/c1-10-6-7-14(11(2)8-10)18-15(19)17-13-5-3-4-12(16)9-13/h3-9H,1-2H3,(H2,17,18,19). The van der Waals surface area contributed by atoms with Crippen molar-refractivity contribution in [2.75, 3.05) is 10.6 Å². The van der Waals surface area contributed by atoms with Crippen LogP contribution in [0.15, 0.2) is 42.5 Å². The van der Waals surface area contributed by atoms with E-state index in [0.717, 1.165) is 11.3 Å². The van der Waals surface area contributed by atoms with Gasteiger partial charge in [0.25, 0.3) is 0 Å². The van der Waals surface area contributed by atoms with E-state index in [0.29, 0.717) is 10.7 Å². The number of rotatable bonds is 2. The van der Waals surface area contributed by atoms with Gasteiger partial charge in [0.1, 0.15) is 0 Å². The molecule has 2 N–H and O–H groups in total. The number of amides is 2. The van der Waals surface area contributed by atoms with Crippen molar-refractivity contribution in [3.05, 3.63) is 58.6 Å². The van der Waals surface area contributed by atoms with Crippen LogP contribution < -0.4 is 10.6 Å². The van der Waals surface area contributed by atoms with E-state index in [1.807, 2.05) is 32.0 Å². The van der Waals surface area contributed by atoms with Crippen molar-refractivity contribution in [3.8, 4) is 0 Å². The largest absolute Gasteiger partial charge is 0.323 e. The molecule has 0 aromatic heterocycles. The first kappa shape index (κ1) is 13.4. The number of urea groups is 1. The maximum atomic E-state index is 11.9. The van der Waals surface area contributed by atoms with Crippen LogP contribution in [0.5, 0.6) is 0 Å². The van der Waals surface area contributed by atoms with Gasteiger partial charge in [0.15, 0.2) is 0 Å². The van der Waals surface area contributed by atoms with Crippen molar-refractivity contribution in [2.45, 2.75) is 13.8 Å². The molecule has 3 nitrogen and oxygen atoms in total. The van der Waals surface area contributed by atoms with Gasteiger partial charge < -0.3 is 10.6 Å². The highest BCUT2D eigenvalue weighted by Gasteiger charge is 2.05. The maximum Gasteiger partial charge on any atom is 0.323 e. The molecule has 0 aliphatic heterocycles. The second-order valence-electron chi connectivity index (χ2n) is 4.41. The summed E-state index contributed by atoms with van der Waals surface area (Å²) in [7, 11) is 0. The lowest BCUT2D eigenvalue weighted by Crippen LogP contribution is -2.19. The summed E-state index contributed by atoms with van der Waals surface area (Å²) < 4.78 is 0. The Morgan fingerprint density at radius 2 is 1.84 bits per heavy atom. The van der Waals surface area contributed by atoms with E-state index in [4.69, 9.17) is 11.6 Å². The van der Waals surface area contributed by atoms with Crippen LogP contribution in [0, 0.1) is 13.8 Å². The Morgan fingerprint density at radius 1 is 1.05 bits per heavy atom. The minimum absolute atomic E-state index is 0.283. The minimum Gasteiger partial charge on any atom is -0.308 e. The van der Waals surface area contributed by atoms with Gasteiger partial charge in [-0.05, 0) is 43.7 Å². The molecule has 0 aliphatic rings. The van der Waals surface area contributed by atoms with Gasteiger partial charge in [-0.2, -0.15) is 0 Å². The van der Waals surface area contributed by atoms with Crippen molar-refractivity contribution in [1.29, 1.82) is 0 Å². The number of halogens is 1. The number of hydrogen-bond acceptors (Lipinski definition) is 1. The van der Waals surface area contributed by atoms with Crippen molar-refractivity contribution >= 4 is 29.0 Å². The molecule has 0 saturated carbocycles. The van der Waals surface area contributed by atoms with E-state index in [-0.39, 0.29) is 6.03 Å². The maximum absolute atomic E-state index is 11.9. The summed E-state index contributed by atoms with van der Waals surface area (Å²) in [5.74, 6) is 0. The van der Waals surface area contributed by atoms with Gasteiger partial charge >= 0.3 is 6.03 Å². The first-order valence-electron chi connectivity index (χ1n) is 5.95. The third-order valence-electron chi connectivity index (χ3n) is 2.71. The van der Waals surface area contributed by atoms with Gasteiger partial charge in [0, 0.05) is 16.4 Å². The molecule has 0 heterocycles. The normalized spacial score (nSPS) is 10.1.